The van der Waals surface area contributed by atoms with Gasteiger partial charge in [0.15, 0.2) is 6.17 Å². The van der Waals surface area contributed by atoms with Gasteiger partial charge in [-0.25, -0.2) is 13.6 Å². The fourth-order valence-electron chi connectivity index (χ4n) is 1.30. The highest BCUT2D eigenvalue weighted by Crippen LogP contribution is 2.26. The van der Waals surface area contributed by atoms with E-state index >= 15 is 0 Å². The molecule has 0 aliphatic rings. The van der Waals surface area contributed by atoms with E-state index in [2.05, 4.69) is 6.58 Å². The van der Waals surface area contributed by atoms with Gasteiger partial charge in [0.25, 0.3) is 0 Å². The third-order valence-electron chi connectivity index (χ3n) is 2.26. The average molecular weight is 254 g/mol. The Labute approximate surface area is 105 Å². The van der Waals surface area contributed by atoms with Gasteiger partial charge in [-0.2, -0.15) is 0 Å². The molecule has 4 heteroatoms. The van der Waals surface area contributed by atoms with Gasteiger partial charge in [-0.15, -0.1) is 0 Å². The van der Waals surface area contributed by atoms with Crippen LogP contribution < -0.4 is 0 Å². The molecule has 0 bridgehead atoms. The van der Waals surface area contributed by atoms with E-state index in [0.29, 0.717) is 0 Å². The van der Waals surface area contributed by atoms with Gasteiger partial charge >= 0.3 is 5.97 Å². The number of halogens is 2. The van der Waals surface area contributed by atoms with Gasteiger partial charge < -0.3 is 4.74 Å². The van der Waals surface area contributed by atoms with Crippen molar-refractivity contribution in [2.45, 2.75) is 20.0 Å². The van der Waals surface area contributed by atoms with E-state index in [4.69, 9.17) is 4.74 Å². The van der Waals surface area contributed by atoms with Crippen LogP contribution in [-0.4, -0.2) is 12.6 Å². The van der Waals surface area contributed by atoms with Gasteiger partial charge in [-0.05, 0) is 23.6 Å². The van der Waals surface area contributed by atoms with E-state index in [1.807, 2.05) is 13.8 Å². The molecule has 1 aromatic rings. The average Bonchev–Trinajstić information content (AvgIpc) is 2.34. The molecular formula is C14H16F2O2. The van der Waals surface area contributed by atoms with Crippen molar-refractivity contribution in [1.29, 1.82) is 0 Å². The molecule has 1 atom stereocenters. The Morgan fingerprint density at radius 2 is 2.11 bits per heavy atom. The summed E-state index contributed by atoms with van der Waals surface area (Å²) in [5.41, 5.74) is -0.261. The van der Waals surface area contributed by atoms with Crippen LogP contribution in [0, 0.1) is 11.7 Å². The van der Waals surface area contributed by atoms with E-state index in [9.17, 15) is 13.6 Å². The Kier molecular flexibility index (Phi) is 5.01. The van der Waals surface area contributed by atoms with E-state index in [0.717, 1.165) is 6.07 Å². The highest BCUT2D eigenvalue weighted by atomic mass is 19.1. The molecule has 0 aliphatic heterocycles. The number of carbonyl (C=O) groups excluding carboxylic acids is 1. The molecular weight excluding hydrogens is 238 g/mol. The van der Waals surface area contributed by atoms with Crippen LogP contribution in [0.5, 0.6) is 0 Å². The van der Waals surface area contributed by atoms with E-state index in [1.54, 1.807) is 0 Å². The van der Waals surface area contributed by atoms with Crippen molar-refractivity contribution in [3.63, 3.8) is 0 Å². The van der Waals surface area contributed by atoms with Crippen molar-refractivity contribution < 1.29 is 18.3 Å². The second-order valence-corrected chi connectivity index (χ2v) is 4.44. The number of alkyl halides is 1. The first-order valence-corrected chi connectivity index (χ1v) is 5.67. The third-order valence-corrected chi connectivity index (χ3v) is 2.26. The summed E-state index contributed by atoms with van der Waals surface area (Å²) in [6.07, 6.45) is -1.75. The van der Waals surface area contributed by atoms with Crippen molar-refractivity contribution in [2.24, 2.45) is 5.92 Å². The highest BCUT2D eigenvalue weighted by Gasteiger charge is 2.22. The molecule has 0 radical (unpaired) electrons. The van der Waals surface area contributed by atoms with E-state index < -0.39 is 18.0 Å². The maximum Gasteiger partial charge on any atom is 0.336 e. The lowest BCUT2D eigenvalue weighted by atomic mass is 10.0. The fourth-order valence-corrected chi connectivity index (χ4v) is 1.30. The summed E-state index contributed by atoms with van der Waals surface area (Å²) in [5.74, 6) is -1.19. The lowest BCUT2D eigenvalue weighted by Crippen LogP contribution is -2.14. The summed E-state index contributed by atoms with van der Waals surface area (Å²) in [6, 6.07) is 5.01. The molecule has 0 N–H and O–H groups in total. The zero-order valence-electron chi connectivity index (χ0n) is 10.5. The number of hydrogen-bond acceptors (Lipinski definition) is 2. The summed E-state index contributed by atoms with van der Waals surface area (Å²) < 4.78 is 31.7. The van der Waals surface area contributed by atoms with Gasteiger partial charge in [0.1, 0.15) is 5.82 Å². The number of carbonyl (C=O) groups is 1. The topological polar surface area (TPSA) is 26.3 Å². The Hall–Kier alpha value is -1.71. The molecule has 98 valence electrons. The summed E-state index contributed by atoms with van der Waals surface area (Å²) in [4.78, 5) is 11.5. The van der Waals surface area contributed by atoms with Crippen LogP contribution in [0.15, 0.2) is 36.4 Å². The Balaban J connectivity index is 2.69. The molecule has 0 spiro atoms. The zero-order valence-corrected chi connectivity index (χ0v) is 10.5. The van der Waals surface area contributed by atoms with Crippen LogP contribution in [0.2, 0.25) is 0 Å². The quantitative estimate of drug-likeness (QED) is 0.593. The fraction of sp³-hybridized carbons (Fsp3) is 0.357. The number of rotatable bonds is 5. The summed E-state index contributed by atoms with van der Waals surface area (Å²) >= 11 is 0. The van der Waals surface area contributed by atoms with Crippen LogP contribution in [0.25, 0.3) is 0 Å². The first kappa shape index (κ1) is 14.4. The molecule has 1 aromatic carbocycles. The molecule has 2 nitrogen and oxygen atoms in total. The second kappa shape index (κ2) is 6.28. The van der Waals surface area contributed by atoms with Gasteiger partial charge in [0.2, 0.25) is 0 Å². The molecule has 0 aliphatic carbocycles. The minimum Gasteiger partial charge on any atom is -0.462 e. The van der Waals surface area contributed by atoms with Crippen LogP contribution in [0.4, 0.5) is 8.78 Å². The van der Waals surface area contributed by atoms with Crippen LogP contribution in [0.1, 0.15) is 25.6 Å². The van der Waals surface area contributed by atoms with E-state index in [-0.39, 0.29) is 23.7 Å². The predicted octanol–water partition coefficient (Wildman–Crippen LogP) is 3.59. The Morgan fingerprint density at radius 1 is 1.44 bits per heavy atom. The smallest absolute Gasteiger partial charge is 0.336 e. The van der Waals surface area contributed by atoms with Gasteiger partial charge in [-0.3, -0.25) is 0 Å². The lowest BCUT2D eigenvalue weighted by Gasteiger charge is -2.12. The highest BCUT2D eigenvalue weighted by molar-refractivity contribution is 5.89. The molecule has 0 heterocycles. The summed E-state index contributed by atoms with van der Waals surface area (Å²) in [6.45, 7) is 7.31. The van der Waals surface area contributed by atoms with Gasteiger partial charge in [-0.1, -0.05) is 32.6 Å². The molecule has 18 heavy (non-hydrogen) atoms. The third kappa shape index (κ3) is 3.95. The first-order chi connectivity index (χ1) is 8.41. The largest absolute Gasteiger partial charge is 0.462 e. The molecule has 0 aromatic heterocycles. The number of ether oxygens (including phenoxy) is 1. The second-order valence-electron chi connectivity index (χ2n) is 4.44. The monoisotopic (exact) mass is 254 g/mol. The van der Waals surface area contributed by atoms with Crippen LogP contribution >= 0.6 is 0 Å². The van der Waals surface area contributed by atoms with Crippen molar-refractivity contribution in [3.05, 3.63) is 47.8 Å². The van der Waals surface area contributed by atoms with Crippen LogP contribution in [0.3, 0.4) is 0 Å². The predicted molar refractivity (Wildman–Crippen MR) is 65.2 cm³/mol. The maximum absolute atomic E-state index is 13.9. The molecule has 1 rings (SSSR count). The van der Waals surface area contributed by atoms with Crippen LogP contribution in [-0.2, 0) is 9.53 Å². The van der Waals surface area contributed by atoms with Gasteiger partial charge in [0.05, 0.1) is 12.2 Å². The standard InChI is InChI=1S/C14H16F2O2/c1-9(2)8-18-14(17)10(3)13(16)11-5-4-6-12(15)7-11/h4-7,9,13H,3,8H2,1-2H3. The number of hydrogen-bond donors (Lipinski definition) is 0. The minimum atomic E-state index is -1.75. The Morgan fingerprint density at radius 3 is 2.67 bits per heavy atom. The molecule has 0 saturated carbocycles. The van der Waals surface area contributed by atoms with Crippen molar-refractivity contribution in [2.75, 3.05) is 6.61 Å². The molecule has 1 unspecified atom stereocenters. The van der Waals surface area contributed by atoms with Crippen molar-refractivity contribution in [1.82, 2.24) is 0 Å². The van der Waals surface area contributed by atoms with Crippen molar-refractivity contribution in [3.8, 4) is 0 Å². The van der Waals surface area contributed by atoms with E-state index in [1.165, 1.54) is 18.2 Å². The van der Waals surface area contributed by atoms with Gasteiger partial charge in [0, 0.05) is 0 Å². The number of esters is 1. The Bertz CT molecular complexity index is 441. The first-order valence-electron chi connectivity index (χ1n) is 5.67. The maximum atomic E-state index is 13.9. The molecule has 0 amide bonds. The van der Waals surface area contributed by atoms with Crippen molar-refractivity contribution >= 4 is 5.97 Å². The molecule has 0 saturated heterocycles. The number of benzene rings is 1. The summed E-state index contributed by atoms with van der Waals surface area (Å²) in [7, 11) is 0. The normalized spacial score (nSPS) is 12.3. The SMILES string of the molecule is C=C(C(=O)OCC(C)C)C(F)c1cccc(F)c1. The zero-order chi connectivity index (χ0) is 13.7. The molecule has 0 fully saturated rings. The summed E-state index contributed by atoms with van der Waals surface area (Å²) in [5, 5.41) is 0. The minimum absolute atomic E-state index is 0.0569. The lowest BCUT2D eigenvalue weighted by molar-refractivity contribution is -0.140.